The normalized spacial score (nSPS) is 10.2. The number of halogens is 1. The Bertz CT molecular complexity index is 1010. The van der Waals surface area contributed by atoms with Gasteiger partial charge in [0.15, 0.2) is 10.8 Å². The van der Waals surface area contributed by atoms with Crippen LogP contribution in [0.1, 0.15) is 10.5 Å². The summed E-state index contributed by atoms with van der Waals surface area (Å²) in [4.78, 5) is 16.1. The van der Waals surface area contributed by atoms with Crippen LogP contribution in [0.2, 0.25) is 5.02 Å². The highest BCUT2D eigenvalue weighted by molar-refractivity contribution is 7.80. The van der Waals surface area contributed by atoms with Crippen molar-refractivity contribution in [3.05, 3.63) is 46.6 Å². The minimum Gasteiger partial charge on any atom is -0.495 e. The second kappa shape index (κ2) is 9.45. The van der Waals surface area contributed by atoms with Crippen LogP contribution in [0.3, 0.4) is 0 Å². The van der Waals surface area contributed by atoms with Gasteiger partial charge in [0.25, 0.3) is 5.91 Å². The van der Waals surface area contributed by atoms with Crippen molar-refractivity contribution < 1.29 is 14.3 Å². The molecule has 0 fully saturated rings. The molecule has 0 radical (unpaired) electrons. The quantitative estimate of drug-likeness (QED) is 0.484. The molecule has 12 heteroatoms. The molecule has 0 aliphatic rings. The van der Waals surface area contributed by atoms with Crippen molar-refractivity contribution >= 4 is 63.6 Å². The minimum atomic E-state index is -0.382. The van der Waals surface area contributed by atoms with Crippen LogP contribution in [0.4, 0.5) is 17.2 Å². The number of rotatable bonds is 6. The van der Waals surface area contributed by atoms with Gasteiger partial charge in [-0.1, -0.05) is 16.1 Å². The zero-order valence-electron chi connectivity index (χ0n) is 15.2. The molecule has 150 valence electrons. The summed E-state index contributed by atoms with van der Waals surface area (Å²) in [5.74, 6) is 0.995. The monoisotopic (exact) mass is 450 g/mol. The lowest BCUT2D eigenvalue weighted by molar-refractivity contribution is 0.102. The van der Waals surface area contributed by atoms with Crippen molar-refractivity contribution in [3.8, 4) is 11.5 Å². The molecule has 1 amide bonds. The number of carbonyl (C=O) groups is 1. The maximum atomic E-state index is 11.9. The van der Waals surface area contributed by atoms with Gasteiger partial charge in [-0.25, -0.2) is 4.98 Å². The van der Waals surface area contributed by atoms with E-state index in [1.807, 2.05) is 0 Å². The summed E-state index contributed by atoms with van der Waals surface area (Å²) in [5, 5.41) is 14.6. The van der Waals surface area contributed by atoms with E-state index < -0.39 is 0 Å². The van der Waals surface area contributed by atoms with E-state index in [1.54, 1.807) is 29.6 Å². The lowest BCUT2D eigenvalue weighted by Gasteiger charge is -2.15. The van der Waals surface area contributed by atoms with Crippen LogP contribution in [0.25, 0.3) is 0 Å². The number of amides is 1. The first-order valence-electron chi connectivity index (χ1n) is 8.04. The van der Waals surface area contributed by atoms with E-state index in [2.05, 4.69) is 30.5 Å². The summed E-state index contributed by atoms with van der Waals surface area (Å²) in [6.45, 7) is 0. The fraction of sp³-hybridized carbons (Fsp3) is 0.118. The predicted octanol–water partition coefficient (Wildman–Crippen LogP) is 3.66. The van der Waals surface area contributed by atoms with E-state index in [0.29, 0.717) is 38.8 Å². The zero-order chi connectivity index (χ0) is 20.8. The van der Waals surface area contributed by atoms with E-state index in [0.717, 1.165) is 11.5 Å². The summed E-state index contributed by atoms with van der Waals surface area (Å²) < 4.78 is 14.1. The van der Waals surface area contributed by atoms with E-state index >= 15 is 0 Å². The minimum absolute atomic E-state index is 0.233. The van der Waals surface area contributed by atoms with Crippen molar-refractivity contribution in [2.24, 2.45) is 0 Å². The smallest absolute Gasteiger partial charge is 0.278 e. The Hall–Kier alpha value is -3.02. The van der Waals surface area contributed by atoms with Gasteiger partial charge < -0.3 is 25.4 Å². The molecule has 0 aliphatic carbocycles. The first-order valence-corrected chi connectivity index (χ1v) is 9.66. The molecular weight excluding hydrogens is 436 g/mol. The molecule has 2 heterocycles. The maximum absolute atomic E-state index is 11.9. The van der Waals surface area contributed by atoms with Gasteiger partial charge >= 0.3 is 0 Å². The highest BCUT2D eigenvalue weighted by Crippen LogP contribution is 2.35. The van der Waals surface area contributed by atoms with Crippen molar-refractivity contribution in [2.45, 2.75) is 0 Å². The average Bonchev–Trinajstić information content (AvgIpc) is 3.25. The molecule has 0 spiro atoms. The van der Waals surface area contributed by atoms with Crippen molar-refractivity contribution in [1.82, 2.24) is 14.6 Å². The Morgan fingerprint density at radius 3 is 2.55 bits per heavy atom. The van der Waals surface area contributed by atoms with Gasteiger partial charge in [0.05, 0.1) is 36.8 Å². The van der Waals surface area contributed by atoms with Gasteiger partial charge in [0.2, 0.25) is 0 Å². The highest BCUT2D eigenvalue weighted by Gasteiger charge is 2.12. The number of anilines is 3. The number of methoxy groups -OCH3 is 2. The van der Waals surface area contributed by atoms with Crippen LogP contribution in [-0.2, 0) is 0 Å². The zero-order valence-corrected chi connectivity index (χ0v) is 17.6. The summed E-state index contributed by atoms with van der Waals surface area (Å²) in [6, 6.07) is 6.66. The molecule has 2 aromatic heterocycles. The fourth-order valence-corrected chi connectivity index (χ4v) is 3.13. The van der Waals surface area contributed by atoms with Crippen LogP contribution >= 0.6 is 35.4 Å². The van der Waals surface area contributed by atoms with Crippen LogP contribution < -0.4 is 25.4 Å². The van der Waals surface area contributed by atoms with Gasteiger partial charge in [-0.15, -0.1) is 5.10 Å². The summed E-state index contributed by atoms with van der Waals surface area (Å²) >= 11 is 12.6. The SMILES string of the molecule is COc1cc(OC)c(NC(=S)Nc2ccc(NC(=O)c3csnn3)nc2)cc1Cl. The molecule has 0 saturated carbocycles. The van der Waals surface area contributed by atoms with Gasteiger partial charge in [-0.3, -0.25) is 4.79 Å². The van der Waals surface area contributed by atoms with Crippen molar-refractivity contribution in [1.29, 1.82) is 0 Å². The van der Waals surface area contributed by atoms with Gasteiger partial charge in [-0.05, 0) is 41.9 Å². The topological polar surface area (TPSA) is 110 Å². The Labute approximate surface area is 180 Å². The molecule has 0 aliphatic heterocycles. The lowest BCUT2D eigenvalue weighted by Crippen LogP contribution is -2.20. The average molecular weight is 451 g/mol. The number of thiocarbonyl (C=S) groups is 1. The second-order valence-corrected chi connectivity index (χ2v) is 6.87. The third kappa shape index (κ3) is 5.28. The van der Waals surface area contributed by atoms with Gasteiger partial charge in [-0.2, -0.15) is 0 Å². The fourth-order valence-electron chi connectivity index (χ4n) is 2.23. The first kappa shape index (κ1) is 20.7. The van der Waals surface area contributed by atoms with Crippen molar-refractivity contribution in [3.63, 3.8) is 0 Å². The predicted molar refractivity (Wildman–Crippen MR) is 116 cm³/mol. The number of nitrogens with one attached hydrogen (secondary N) is 3. The van der Waals surface area contributed by atoms with E-state index in [-0.39, 0.29) is 11.6 Å². The van der Waals surface area contributed by atoms with Crippen LogP contribution in [0, 0.1) is 0 Å². The number of aromatic nitrogens is 3. The van der Waals surface area contributed by atoms with Gasteiger partial charge in [0, 0.05) is 11.4 Å². The molecule has 0 atom stereocenters. The Kier molecular flexibility index (Phi) is 6.75. The molecule has 0 saturated heterocycles. The highest BCUT2D eigenvalue weighted by atomic mass is 35.5. The summed E-state index contributed by atoms with van der Waals surface area (Å²) in [7, 11) is 3.05. The largest absolute Gasteiger partial charge is 0.495 e. The molecule has 1 aromatic carbocycles. The lowest BCUT2D eigenvalue weighted by atomic mass is 10.2. The Morgan fingerprint density at radius 2 is 1.93 bits per heavy atom. The molecule has 9 nitrogen and oxygen atoms in total. The van der Waals surface area contributed by atoms with E-state index in [4.69, 9.17) is 33.3 Å². The molecule has 3 N–H and O–H groups in total. The Morgan fingerprint density at radius 1 is 1.14 bits per heavy atom. The molecular formula is C17H15ClN6O3S2. The van der Waals surface area contributed by atoms with Crippen LogP contribution in [0.15, 0.2) is 35.8 Å². The molecule has 0 bridgehead atoms. The second-order valence-electron chi connectivity index (χ2n) is 5.44. The third-order valence-electron chi connectivity index (χ3n) is 3.58. The van der Waals surface area contributed by atoms with Gasteiger partial charge in [0.1, 0.15) is 17.3 Å². The summed E-state index contributed by atoms with van der Waals surface area (Å²) in [5.41, 5.74) is 1.43. The van der Waals surface area contributed by atoms with E-state index in [9.17, 15) is 4.79 Å². The number of pyridine rings is 1. The number of carbonyl (C=O) groups excluding carboxylic acids is 1. The Balaban J connectivity index is 1.62. The first-order chi connectivity index (χ1) is 14.0. The van der Waals surface area contributed by atoms with E-state index in [1.165, 1.54) is 20.4 Å². The number of nitrogens with zero attached hydrogens (tertiary/aromatic N) is 3. The maximum Gasteiger partial charge on any atom is 0.278 e. The van der Waals surface area contributed by atoms with Crippen molar-refractivity contribution in [2.75, 3.05) is 30.2 Å². The summed E-state index contributed by atoms with van der Waals surface area (Å²) in [6.07, 6.45) is 1.53. The number of benzene rings is 1. The molecule has 3 aromatic rings. The molecule has 29 heavy (non-hydrogen) atoms. The third-order valence-corrected chi connectivity index (χ3v) is 4.58. The standard InChI is InChI=1S/C17H15ClN6O3S2/c1-26-13-6-14(27-2)11(5-10(13)18)21-17(28)20-9-3-4-15(19-7-9)22-16(25)12-8-29-24-23-12/h3-8H,1-2H3,(H,19,22,25)(H2,20,21,28). The molecule has 0 unspecified atom stereocenters. The number of hydrogen-bond acceptors (Lipinski definition) is 8. The number of ether oxygens (including phenoxy) is 2. The van der Waals surface area contributed by atoms with Crippen LogP contribution in [0.5, 0.6) is 11.5 Å². The molecule has 3 rings (SSSR count). The van der Waals surface area contributed by atoms with Crippen LogP contribution in [-0.4, -0.2) is 39.8 Å². The number of hydrogen-bond donors (Lipinski definition) is 3.